The Morgan fingerprint density at radius 2 is 1.59 bits per heavy atom. The molecule has 2 aromatic carbocycles. The second-order valence-electron chi connectivity index (χ2n) is 8.06. The van der Waals surface area contributed by atoms with Crippen LogP contribution < -0.4 is 0 Å². The van der Waals surface area contributed by atoms with Gasteiger partial charge in [-0.2, -0.15) is 0 Å². The molecule has 0 unspecified atom stereocenters. The van der Waals surface area contributed by atoms with Gasteiger partial charge in [0.25, 0.3) is 11.8 Å². The normalized spacial score (nSPS) is 13.2. The van der Waals surface area contributed by atoms with E-state index in [2.05, 4.69) is 29.8 Å². The van der Waals surface area contributed by atoms with Crippen molar-refractivity contribution in [1.82, 2.24) is 9.47 Å². The van der Waals surface area contributed by atoms with Crippen LogP contribution in [0.2, 0.25) is 0 Å². The molecular weight excluding hydrogens is 420 g/mol. The number of thiophene rings is 1. The Labute approximate surface area is 189 Å². The molecule has 0 atom stereocenters. The summed E-state index contributed by atoms with van der Waals surface area (Å²) in [5, 5.41) is 1.12. The van der Waals surface area contributed by atoms with Crippen molar-refractivity contribution in [2.75, 3.05) is 6.54 Å². The lowest BCUT2D eigenvalue weighted by Crippen LogP contribution is -2.30. The fraction of sp³-hybridized carbons (Fsp3) is 0.192. The van der Waals surface area contributed by atoms with Crippen LogP contribution in [0.3, 0.4) is 0 Å². The van der Waals surface area contributed by atoms with Gasteiger partial charge in [-0.05, 0) is 50.1 Å². The SMILES string of the molecule is Cc1ccc(-c2cn(CCCCN3C(=O)c4ccccc4C3=O)c3cc(C=O)ccc23)s1. The van der Waals surface area contributed by atoms with E-state index in [0.717, 1.165) is 35.7 Å². The number of benzene rings is 2. The maximum atomic E-state index is 12.5. The van der Waals surface area contributed by atoms with Crippen LogP contribution in [0.25, 0.3) is 21.3 Å². The van der Waals surface area contributed by atoms with Crippen LogP contribution in [0.4, 0.5) is 0 Å². The van der Waals surface area contributed by atoms with Crippen molar-refractivity contribution in [1.29, 1.82) is 0 Å². The molecular formula is C26H22N2O3S. The molecule has 0 bridgehead atoms. The van der Waals surface area contributed by atoms with Gasteiger partial charge < -0.3 is 4.57 Å². The number of aryl methyl sites for hydroxylation is 2. The van der Waals surface area contributed by atoms with Crippen LogP contribution in [0.1, 0.15) is 48.8 Å². The van der Waals surface area contributed by atoms with Gasteiger partial charge in [-0.3, -0.25) is 19.3 Å². The van der Waals surface area contributed by atoms with E-state index >= 15 is 0 Å². The van der Waals surface area contributed by atoms with Gasteiger partial charge >= 0.3 is 0 Å². The maximum absolute atomic E-state index is 12.5. The van der Waals surface area contributed by atoms with Crippen molar-refractivity contribution in [3.63, 3.8) is 0 Å². The summed E-state index contributed by atoms with van der Waals surface area (Å²) in [6, 6.07) is 17.0. The Balaban J connectivity index is 1.33. The van der Waals surface area contributed by atoms with E-state index < -0.39 is 0 Å². The van der Waals surface area contributed by atoms with Crippen molar-refractivity contribution in [2.24, 2.45) is 0 Å². The molecule has 0 spiro atoms. The van der Waals surface area contributed by atoms with Gasteiger partial charge in [-0.25, -0.2) is 0 Å². The first-order valence-electron chi connectivity index (χ1n) is 10.7. The highest BCUT2D eigenvalue weighted by atomic mass is 32.1. The highest BCUT2D eigenvalue weighted by Gasteiger charge is 2.34. The highest BCUT2D eigenvalue weighted by molar-refractivity contribution is 7.15. The summed E-state index contributed by atoms with van der Waals surface area (Å²) in [6.45, 7) is 3.24. The molecule has 0 radical (unpaired) electrons. The number of aromatic nitrogens is 1. The quantitative estimate of drug-likeness (QED) is 0.214. The third-order valence-electron chi connectivity index (χ3n) is 5.96. The summed E-state index contributed by atoms with van der Waals surface area (Å²) >= 11 is 1.75. The van der Waals surface area contributed by atoms with Crippen molar-refractivity contribution in [3.8, 4) is 10.4 Å². The molecule has 160 valence electrons. The minimum Gasteiger partial charge on any atom is -0.347 e. The van der Waals surface area contributed by atoms with E-state index in [1.54, 1.807) is 35.6 Å². The number of nitrogens with zero attached hydrogens (tertiary/aromatic N) is 2. The molecule has 1 aliphatic rings. The highest BCUT2D eigenvalue weighted by Crippen LogP contribution is 2.35. The number of carbonyl (C=O) groups excluding carboxylic acids is 3. The average molecular weight is 443 g/mol. The van der Waals surface area contributed by atoms with Crippen LogP contribution in [0.5, 0.6) is 0 Å². The van der Waals surface area contributed by atoms with E-state index in [0.29, 0.717) is 29.7 Å². The molecule has 4 aromatic rings. The third kappa shape index (κ3) is 3.46. The molecule has 0 N–H and O–H groups in total. The molecule has 0 saturated carbocycles. The van der Waals surface area contributed by atoms with Crippen LogP contribution >= 0.6 is 11.3 Å². The van der Waals surface area contributed by atoms with Gasteiger partial charge in [0.1, 0.15) is 6.29 Å². The zero-order valence-electron chi connectivity index (χ0n) is 17.7. The predicted octanol–water partition coefficient (Wildman–Crippen LogP) is 5.57. The molecule has 2 aromatic heterocycles. The van der Waals surface area contributed by atoms with E-state index in [-0.39, 0.29) is 11.8 Å². The molecule has 0 fully saturated rings. The van der Waals surface area contributed by atoms with Gasteiger partial charge in [-0.1, -0.05) is 24.3 Å². The number of imide groups is 1. The number of aldehydes is 1. The minimum absolute atomic E-state index is 0.206. The summed E-state index contributed by atoms with van der Waals surface area (Å²) in [5.41, 5.74) is 3.82. The summed E-state index contributed by atoms with van der Waals surface area (Å²) in [4.78, 5) is 40.2. The Hall–Kier alpha value is -3.51. The fourth-order valence-corrected chi connectivity index (χ4v) is 5.23. The molecule has 6 heteroatoms. The third-order valence-corrected chi connectivity index (χ3v) is 6.99. The van der Waals surface area contributed by atoms with Gasteiger partial charge in [0.05, 0.1) is 11.1 Å². The van der Waals surface area contributed by atoms with Crippen LogP contribution in [0.15, 0.2) is 60.8 Å². The fourth-order valence-electron chi connectivity index (χ4n) is 4.34. The number of rotatable bonds is 7. The van der Waals surface area contributed by atoms with Gasteiger partial charge in [0.15, 0.2) is 0 Å². The summed E-state index contributed by atoms with van der Waals surface area (Å²) in [5.74, 6) is -0.411. The standard InChI is InChI=1S/C26H22N2O3S/c1-17-8-11-24(32-17)22-15-27(23-14-18(16-29)9-10-19(22)23)12-4-5-13-28-25(30)20-6-2-3-7-21(20)26(28)31/h2-3,6-11,14-16H,4-5,12-13H2,1H3. The summed E-state index contributed by atoms with van der Waals surface area (Å²) in [6.07, 6.45) is 4.54. The summed E-state index contributed by atoms with van der Waals surface area (Å²) < 4.78 is 2.18. The number of carbonyl (C=O) groups is 3. The molecule has 0 saturated heterocycles. The number of fused-ring (bicyclic) bond motifs is 2. The predicted molar refractivity (Wildman–Crippen MR) is 126 cm³/mol. The Bertz CT molecular complexity index is 1330. The molecule has 3 heterocycles. The van der Waals surface area contributed by atoms with Gasteiger partial charge in [-0.15, -0.1) is 11.3 Å². The second-order valence-corrected chi connectivity index (χ2v) is 9.34. The summed E-state index contributed by atoms with van der Waals surface area (Å²) in [7, 11) is 0. The van der Waals surface area contributed by atoms with E-state index in [1.165, 1.54) is 14.7 Å². The van der Waals surface area contributed by atoms with Crippen molar-refractivity contribution < 1.29 is 14.4 Å². The maximum Gasteiger partial charge on any atom is 0.261 e. The number of hydrogen-bond donors (Lipinski definition) is 0. The minimum atomic E-state index is -0.206. The molecule has 5 nitrogen and oxygen atoms in total. The lowest BCUT2D eigenvalue weighted by atomic mass is 10.1. The smallest absolute Gasteiger partial charge is 0.261 e. The Morgan fingerprint density at radius 3 is 2.25 bits per heavy atom. The first-order valence-corrected chi connectivity index (χ1v) is 11.5. The van der Waals surface area contributed by atoms with Gasteiger partial charge in [0, 0.05) is 51.1 Å². The Morgan fingerprint density at radius 1 is 0.875 bits per heavy atom. The Kier molecular flexibility index (Phi) is 5.23. The number of unbranched alkanes of at least 4 members (excludes halogenated alkanes) is 1. The first-order chi connectivity index (χ1) is 15.6. The zero-order chi connectivity index (χ0) is 22.2. The van der Waals surface area contributed by atoms with Crippen LogP contribution in [-0.4, -0.2) is 34.1 Å². The molecule has 32 heavy (non-hydrogen) atoms. The van der Waals surface area contributed by atoms with Crippen molar-refractivity contribution in [2.45, 2.75) is 26.3 Å². The topological polar surface area (TPSA) is 59.4 Å². The molecule has 2 amide bonds. The molecule has 0 aliphatic carbocycles. The van der Waals surface area contributed by atoms with E-state index in [1.807, 2.05) is 18.2 Å². The van der Waals surface area contributed by atoms with E-state index in [4.69, 9.17) is 0 Å². The lowest BCUT2D eigenvalue weighted by molar-refractivity contribution is 0.0651. The first kappa shape index (κ1) is 20.4. The van der Waals surface area contributed by atoms with Crippen molar-refractivity contribution in [3.05, 3.63) is 82.4 Å². The van der Waals surface area contributed by atoms with Crippen LogP contribution in [-0.2, 0) is 6.54 Å². The van der Waals surface area contributed by atoms with E-state index in [9.17, 15) is 14.4 Å². The average Bonchev–Trinajstić information content (AvgIpc) is 3.47. The second kappa shape index (κ2) is 8.20. The van der Waals surface area contributed by atoms with Gasteiger partial charge in [0.2, 0.25) is 0 Å². The monoisotopic (exact) mass is 442 g/mol. The molecule has 5 rings (SSSR count). The number of amides is 2. The molecule has 1 aliphatic heterocycles. The van der Waals surface area contributed by atoms with Crippen molar-refractivity contribution >= 4 is 40.3 Å². The largest absolute Gasteiger partial charge is 0.347 e. The number of hydrogen-bond acceptors (Lipinski definition) is 4. The van der Waals surface area contributed by atoms with Crippen LogP contribution in [0, 0.1) is 6.92 Å². The lowest BCUT2D eigenvalue weighted by Gasteiger charge is -2.14. The zero-order valence-corrected chi connectivity index (χ0v) is 18.5.